The summed E-state index contributed by atoms with van der Waals surface area (Å²) in [6.07, 6.45) is 5.35. The lowest BCUT2D eigenvalue weighted by Crippen LogP contribution is -2.24. The molecule has 0 aliphatic heterocycles. The SMILES string of the molecule is COc1ccc(C(=O)NCCCSC)cc1C=CC(=O)O. The highest BCUT2D eigenvalue weighted by Crippen LogP contribution is 2.21. The minimum atomic E-state index is -1.05. The van der Waals surface area contributed by atoms with Crippen molar-refractivity contribution in [2.75, 3.05) is 25.7 Å². The van der Waals surface area contributed by atoms with Crippen LogP contribution in [0.5, 0.6) is 5.75 Å². The van der Waals surface area contributed by atoms with Crippen molar-refractivity contribution < 1.29 is 19.4 Å². The van der Waals surface area contributed by atoms with Crippen molar-refractivity contribution in [2.45, 2.75) is 6.42 Å². The highest BCUT2D eigenvalue weighted by atomic mass is 32.2. The number of thioether (sulfide) groups is 1. The largest absolute Gasteiger partial charge is 0.496 e. The minimum Gasteiger partial charge on any atom is -0.496 e. The number of hydrogen-bond acceptors (Lipinski definition) is 4. The molecule has 0 aliphatic rings. The third-order valence-electron chi connectivity index (χ3n) is 2.71. The van der Waals surface area contributed by atoms with Crippen molar-refractivity contribution in [2.24, 2.45) is 0 Å². The van der Waals surface area contributed by atoms with Gasteiger partial charge in [0.25, 0.3) is 5.91 Å². The van der Waals surface area contributed by atoms with E-state index in [1.54, 1.807) is 30.0 Å². The summed E-state index contributed by atoms with van der Waals surface area (Å²) < 4.78 is 5.15. The van der Waals surface area contributed by atoms with Crippen LogP contribution in [0.2, 0.25) is 0 Å². The van der Waals surface area contributed by atoms with Gasteiger partial charge in [-0.2, -0.15) is 11.8 Å². The number of benzene rings is 1. The fourth-order valence-corrected chi connectivity index (χ4v) is 2.12. The average Bonchev–Trinajstić information content (AvgIpc) is 2.48. The molecule has 0 aliphatic carbocycles. The predicted molar refractivity (Wildman–Crippen MR) is 85.0 cm³/mol. The van der Waals surface area contributed by atoms with Crippen molar-refractivity contribution in [3.63, 3.8) is 0 Å². The van der Waals surface area contributed by atoms with Gasteiger partial charge in [-0.1, -0.05) is 0 Å². The lowest BCUT2D eigenvalue weighted by atomic mass is 10.1. The van der Waals surface area contributed by atoms with E-state index in [2.05, 4.69) is 5.32 Å². The molecule has 1 amide bonds. The number of rotatable bonds is 8. The van der Waals surface area contributed by atoms with Gasteiger partial charge in [0.2, 0.25) is 0 Å². The van der Waals surface area contributed by atoms with Crippen molar-refractivity contribution in [3.8, 4) is 5.75 Å². The first kappa shape index (κ1) is 17.1. The van der Waals surface area contributed by atoms with Crippen LogP contribution >= 0.6 is 11.8 Å². The van der Waals surface area contributed by atoms with Crippen molar-refractivity contribution >= 4 is 29.7 Å². The van der Waals surface area contributed by atoms with Gasteiger partial charge in [0.05, 0.1) is 7.11 Å². The summed E-state index contributed by atoms with van der Waals surface area (Å²) in [7, 11) is 1.50. The molecule has 0 radical (unpaired) electrons. The number of amides is 1. The molecule has 0 spiro atoms. The molecule has 0 bridgehead atoms. The standard InChI is InChI=1S/C15H19NO4S/c1-20-13-6-4-12(10-11(13)5-7-14(17)18)15(19)16-8-3-9-21-2/h4-7,10H,3,8-9H2,1-2H3,(H,16,19)(H,17,18). The number of carbonyl (C=O) groups is 2. The van der Waals surface area contributed by atoms with E-state index in [-0.39, 0.29) is 5.91 Å². The van der Waals surface area contributed by atoms with Gasteiger partial charge >= 0.3 is 5.97 Å². The molecule has 1 rings (SSSR count). The number of aliphatic carboxylic acids is 1. The maximum absolute atomic E-state index is 12.0. The van der Waals surface area contributed by atoms with Crippen LogP contribution in [0.4, 0.5) is 0 Å². The van der Waals surface area contributed by atoms with Crippen molar-refractivity contribution in [3.05, 3.63) is 35.4 Å². The Hall–Kier alpha value is -1.95. The van der Waals surface area contributed by atoms with E-state index >= 15 is 0 Å². The molecule has 114 valence electrons. The molecule has 1 aromatic carbocycles. The maximum atomic E-state index is 12.0. The quantitative estimate of drug-likeness (QED) is 0.569. The van der Waals surface area contributed by atoms with E-state index in [4.69, 9.17) is 9.84 Å². The number of carbonyl (C=O) groups excluding carboxylic acids is 1. The Morgan fingerprint density at radius 1 is 1.43 bits per heavy atom. The van der Waals surface area contributed by atoms with Gasteiger partial charge in [0.15, 0.2) is 0 Å². The summed E-state index contributed by atoms with van der Waals surface area (Å²) in [6, 6.07) is 4.92. The first-order valence-corrected chi connectivity index (χ1v) is 7.84. The summed E-state index contributed by atoms with van der Waals surface area (Å²) in [5, 5.41) is 11.5. The molecule has 1 aromatic rings. The van der Waals surface area contributed by atoms with E-state index in [1.165, 1.54) is 13.2 Å². The number of ether oxygens (including phenoxy) is 1. The van der Waals surface area contributed by atoms with Crippen LogP contribution in [-0.4, -0.2) is 42.6 Å². The molecule has 6 heteroatoms. The summed E-state index contributed by atoms with van der Waals surface area (Å²) in [5.41, 5.74) is 1.03. The van der Waals surface area contributed by atoms with Crippen LogP contribution in [0.25, 0.3) is 6.08 Å². The van der Waals surface area contributed by atoms with Crippen LogP contribution < -0.4 is 10.1 Å². The second kappa shape index (κ2) is 9.07. The molecule has 0 saturated heterocycles. The first-order valence-electron chi connectivity index (χ1n) is 6.44. The Labute approximate surface area is 128 Å². The third-order valence-corrected chi connectivity index (χ3v) is 3.41. The highest BCUT2D eigenvalue weighted by Gasteiger charge is 2.08. The lowest BCUT2D eigenvalue weighted by molar-refractivity contribution is -0.131. The number of carboxylic acid groups (broad SMARTS) is 1. The van der Waals surface area contributed by atoms with E-state index < -0.39 is 5.97 Å². The summed E-state index contributed by atoms with van der Waals surface area (Å²) in [4.78, 5) is 22.6. The zero-order valence-corrected chi connectivity index (χ0v) is 12.9. The Morgan fingerprint density at radius 2 is 2.19 bits per heavy atom. The van der Waals surface area contributed by atoms with E-state index in [0.29, 0.717) is 23.4 Å². The Morgan fingerprint density at radius 3 is 2.81 bits per heavy atom. The monoisotopic (exact) mass is 309 g/mol. The molecular formula is C15H19NO4S. The molecule has 0 saturated carbocycles. The van der Waals surface area contributed by atoms with Crippen LogP contribution in [-0.2, 0) is 4.79 Å². The van der Waals surface area contributed by atoms with Gasteiger partial charge in [-0.15, -0.1) is 0 Å². The zero-order valence-electron chi connectivity index (χ0n) is 12.1. The second-order valence-electron chi connectivity index (χ2n) is 4.23. The summed E-state index contributed by atoms with van der Waals surface area (Å²) >= 11 is 1.73. The van der Waals surface area contributed by atoms with Crippen molar-refractivity contribution in [1.82, 2.24) is 5.32 Å². The molecule has 0 unspecified atom stereocenters. The third kappa shape index (κ3) is 5.91. The fourth-order valence-electron chi connectivity index (χ4n) is 1.69. The lowest BCUT2D eigenvalue weighted by Gasteiger charge is -2.08. The zero-order chi connectivity index (χ0) is 15.7. The van der Waals surface area contributed by atoms with Gasteiger partial charge in [-0.05, 0) is 42.7 Å². The topological polar surface area (TPSA) is 75.6 Å². The van der Waals surface area contributed by atoms with Gasteiger partial charge in [-0.25, -0.2) is 4.79 Å². The number of nitrogens with one attached hydrogen (secondary N) is 1. The molecule has 5 nitrogen and oxygen atoms in total. The molecule has 0 fully saturated rings. The van der Waals surface area contributed by atoms with Gasteiger partial charge < -0.3 is 15.2 Å². The van der Waals surface area contributed by atoms with Crippen LogP contribution in [0.3, 0.4) is 0 Å². The number of methoxy groups -OCH3 is 1. The molecule has 2 N–H and O–H groups in total. The van der Waals surface area contributed by atoms with E-state index in [0.717, 1.165) is 18.2 Å². The van der Waals surface area contributed by atoms with Gasteiger partial charge in [0.1, 0.15) is 5.75 Å². The molecule has 0 aromatic heterocycles. The predicted octanol–water partition coefficient (Wildman–Crippen LogP) is 2.28. The Balaban J connectivity index is 2.81. The molecular weight excluding hydrogens is 290 g/mol. The molecule has 0 atom stereocenters. The minimum absolute atomic E-state index is 0.177. The fraction of sp³-hybridized carbons (Fsp3) is 0.333. The smallest absolute Gasteiger partial charge is 0.328 e. The Kier molecular flexibility index (Phi) is 7.39. The average molecular weight is 309 g/mol. The molecule has 0 heterocycles. The van der Waals surface area contributed by atoms with Gasteiger partial charge in [0, 0.05) is 23.7 Å². The van der Waals surface area contributed by atoms with Crippen molar-refractivity contribution in [1.29, 1.82) is 0 Å². The Bertz CT molecular complexity index is 528. The van der Waals surface area contributed by atoms with Gasteiger partial charge in [-0.3, -0.25) is 4.79 Å². The van der Waals surface area contributed by atoms with Crippen LogP contribution in [0, 0.1) is 0 Å². The normalized spacial score (nSPS) is 10.6. The van der Waals surface area contributed by atoms with E-state index in [9.17, 15) is 9.59 Å². The molecule has 21 heavy (non-hydrogen) atoms. The van der Waals surface area contributed by atoms with Crippen LogP contribution in [0.15, 0.2) is 24.3 Å². The second-order valence-corrected chi connectivity index (χ2v) is 5.22. The number of hydrogen-bond donors (Lipinski definition) is 2. The number of carboxylic acids is 1. The maximum Gasteiger partial charge on any atom is 0.328 e. The first-order chi connectivity index (χ1) is 10.1. The van der Waals surface area contributed by atoms with Crippen LogP contribution in [0.1, 0.15) is 22.3 Å². The summed E-state index contributed by atoms with van der Waals surface area (Å²) in [5.74, 6) is 0.286. The van der Waals surface area contributed by atoms with E-state index in [1.807, 2.05) is 6.26 Å². The highest BCUT2D eigenvalue weighted by molar-refractivity contribution is 7.98. The summed E-state index contributed by atoms with van der Waals surface area (Å²) in [6.45, 7) is 0.617.